The molecule has 1 saturated heterocycles. The van der Waals surface area contributed by atoms with Crippen LogP contribution in [-0.4, -0.2) is 23.9 Å². The van der Waals surface area contributed by atoms with Crippen LogP contribution in [0.15, 0.2) is 70.7 Å². The molecule has 1 N–H and O–H groups in total. The van der Waals surface area contributed by atoms with E-state index < -0.39 is 17.7 Å². The maximum atomic E-state index is 13.1. The molecular formula is C24H21NO5. The Morgan fingerprint density at radius 2 is 1.70 bits per heavy atom. The van der Waals surface area contributed by atoms with Gasteiger partial charge >= 0.3 is 0 Å². The summed E-state index contributed by atoms with van der Waals surface area (Å²) in [6.07, 6.45) is 0. The summed E-state index contributed by atoms with van der Waals surface area (Å²) in [4.78, 5) is 27.6. The van der Waals surface area contributed by atoms with Crippen LogP contribution < -0.4 is 9.64 Å². The number of benzene rings is 2. The zero-order chi connectivity index (χ0) is 21.4. The third kappa shape index (κ3) is 3.06. The van der Waals surface area contributed by atoms with E-state index in [1.165, 1.54) is 12.0 Å². The molecule has 30 heavy (non-hydrogen) atoms. The maximum Gasteiger partial charge on any atom is 0.300 e. The topological polar surface area (TPSA) is 80.0 Å². The number of rotatable bonds is 4. The minimum absolute atomic E-state index is 0.0397. The molecule has 0 saturated carbocycles. The monoisotopic (exact) mass is 403 g/mol. The number of hydrogen-bond donors (Lipinski definition) is 1. The van der Waals surface area contributed by atoms with Crippen molar-refractivity contribution in [3.63, 3.8) is 0 Å². The summed E-state index contributed by atoms with van der Waals surface area (Å²) in [5.74, 6) is -0.378. The molecule has 0 bridgehead atoms. The van der Waals surface area contributed by atoms with Gasteiger partial charge in [-0.15, -0.1) is 0 Å². The number of methoxy groups -OCH3 is 1. The minimum atomic E-state index is -0.898. The van der Waals surface area contributed by atoms with E-state index in [0.29, 0.717) is 28.5 Å². The van der Waals surface area contributed by atoms with Crippen LogP contribution in [0.3, 0.4) is 0 Å². The summed E-state index contributed by atoms with van der Waals surface area (Å²) in [6, 6.07) is 16.7. The SMILES string of the molecule is COc1ccccc1/C(O)=C1/C(=O)C(=O)N(c2ccccc2C)C1c1ccc(C)o1. The van der Waals surface area contributed by atoms with Gasteiger partial charge in [-0.25, -0.2) is 0 Å². The van der Waals surface area contributed by atoms with E-state index in [9.17, 15) is 14.7 Å². The number of aliphatic hydroxyl groups is 1. The summed E-state index contributed by atoms with van der Waals surface area (Å²) in [6.45, 7) is 3.64. The molecule has 6 nitrogen and oxygen atoms in total. The zero-order valence-corrected chi connectivity index (χ0v) is 16.9. The second-order valence-corrected chi connectivity index (χ2v) is 7.10. The average molecular weight is 403 g/mol. The van der Waals surface area contributed by atoms with E-state index in [0.717, 1.165) is 5.56 Å². The molecule has 2 heterocycles. The Kier molecular flexibility index (Phi) is 4.91. The lowest BCUT2D eigenvalue weighted by Gasteiger charge is -2.25. The third-order valence-corrected chi connectivity index (χ3v) is 5.21. The van der Waals surface area contributed by atoms with Crippen molar-refractivity contribution in [2.24, 2.45) is 0 Å². The van der Waals surface area contributed by atoms with Crippen LogP contribution in [0.25, 0.3) is 5.76 Å². The van der Waals surface area contributed by atoms with Crippen LogP contribution in [0.2, 0.25) is 0 Å². The standard InChI is InChI=1S/C24H21NO5/c1-14-8-4-6-10-17(14)25-21(19-13-12-15(2)30-19)20(23(27)24(25)28)22(26)16-9-5-7-11-18(16)29-3/h4-13,21,26H,1-3H3/b22-20-. The lowest BCUT2D eigenvalue weighted by atomic mass is 9.98. The van der Waals surface area contributed by atoms with Crippen molar-refractivity contribution in [2.45, 2.75) is 19.9 Å². The predicted molar refractivity (Wildman–Crippen MR) is 112 cm³/mol. The molecule has 1 aliphatic heterocycles. The molecule has 4 rings (SSSR count). The van der Waals surface area contributed by atoms with Crippen molar-refractivity contribution in [3.05, 3.63) is 88.9 Å². The van der Waals surface area contributed by atoms with Crippen LogP contribution in [0.4, 0.5) is 5.69 Å². The van der Waals surface area contributed by atoms with Gasteiger partial charge in [-0.1, -0.05) is 30.3 Å². The quantitative estimate of drug-likeness (QED) is 0.393. The van der Waals surface area contributed by atoms with Gasteiger partial charge in [0, 0.05) is 5.69 Å². The molecule has 0 spiro atoms. The minimum Gasteiger partial charge on any atom is -0.507 e. The average Bonchev–Trinajstić information content (AvgIpc) is 3.29. The largest absolute Gasteiger partial charge is 0.507 e. The second kappa shape index (κ2) is 7.55. The lowest BCUT2D eigenvalue weighted by molar-refractivity contribution is -0.132. The molecule has 152 valence electrons. The Hall–Kier alpha value is -3.80. The van der Waals surface area contributed by atoms with Gasteiger partial charge in [-0.2, -0.15) is 0 Å². The first kappa shape index (κ1) is 19.5. The van der Waals surface area contributed by atoms with E-state index in [-0.39, 0.29) is 11.3 Å². The first-order chi connectivity index (χ1) is 14.4. The zero-order valence-electron chi connectivity index (χ0n) is 16.9. The first-order valence-corrected chi connectivity index (χ1v) is 9.50. The fourth-order valence-corrected chi connectivity index (χ4v) is 3.77. The molecule has 1 fully saturated rings. The number of furan rings is 1. The number of hydrogen-bond acceptors (Lipinski definition) is 5. The number of ether oxygens (including phenoxy) is 1. The highest BCUT2D eigenvalue weighted by Crippen LogP contribution is 2.44. The Morgan fingerprint density at radius 3 is 2.37 bits per heavy atom. The molecule has 0 aliphatic carbocycles. The van der Waals surface area contributed by atoms with Gasteiger partial charge in [0.05, 0.1) is 18.2 Å². The first-order valence-electron chi connectivity index (χ1n) is 9.50. The number of aryl methyl sites for hydroxylation is 2. The fraction of sp³-hybridized carbons (Fsp3) is 0.167. The van der Waals surface area contributed by atoms with E-state index >= 15 is 0 Å². The number of Topliss-reactive ketones (excluding diaryl/α,β-unsaturated/α-hetero) is 1. The number of para-hydroxylation sites is 2. The molecule has 2 aromatic carbocycles. The smallest absolute Gasteiger partial charge is 0.300 e. The molecule has 1 amide bonds. The highest BCUT2D eigenvalue weighted by Gasteiger charge is 2.49. The number of anilines is 1. The van der Waals surface area contributed by atoms with E-state index in [2.05, 4.69) is 0 Å². The van der Waals surface area contributed by atoms with Crippen molar-refractivity contribution in [1.82, 2.24) is 0 Å². The fourth-order valence-electron chi connectivity index (χ4n) is 3.77. The lowest BCUT2D eigenvalue weighted by Crippen LogP contribution is -2.29. The summed E-state index contributed by atoms with van der Waals surface area (Å²) >= 11 is 0. The van der Waals surface area contributed by atoms with Gasteiger partial charge < -0.3 is 14.3 Å². The highest BCUT2D eigenvalue weighted by molar-refractivity contribution is 6.51. The van der Waals surface area contributed by atoms with Crippen molar-refractivity contribution in [2.75, 3.05) is 12.0 Å². The highest BCUT2D eigenvalue weighted by atomic mass is 16.5. The van der Waals surface area contributed by atoms with E-state index in [4.69, 9.17) is 9.15 Å². The summed E-state index contributed by atoms with van der Waals surface area (Å²) < 4.78 is 11.1. The van der Waals surface area contributed by atoms with Crippen molar-refractivity contribution in [1.29, 1.82) is 0 Å². The molecule has 1 atom stereocenters. The van der Waals surface area contributed by atoms with Crippen LogP contribution >= 0.6 is 0 Å². The molecule has 0 radical (unpaired) electrons. The Morgan fingerprint density at radius 1 is 1.00 bits per heavy atom. The number of carbonyl (C=O) groups is 2. The second-order valence-electron chi connectivity index (χ2n) is 7.10. The van der Waals surface area contributed by atoms with E-state index in [1.807, 2.05) is 19.1 Å². The van der Waals surface area contributed by atoms with Gasteiger partial charge in [0.2, 0.25) is 0 Å². The van der Waals surface area contributed by atoms with E-state index in [1.54, 1.807) is 55.5 Å². The number of amides is 1. The molecule has 6 heteroatoms. The van der Waals surface area contributed by atoms with Crippen molar-refractivity contribution < 1.29 is 23.8 Å². The van der Waals surface area contributed by atoms with Crippen molar-refractivity contribution in [3.8, 4) is 5.75 Å². The number of aliphatic hydroxyl groups excluding tert-OH is 1. The molecule has 1 aliphatic rings. The molecule has 1 aromatic heterocycles. The van der Waals surface area contributed by atoms with Crippen LogP contribution in [0, 0.1) is 13.8 Å². The predicted octanol–water partition coefficient (Wildman–Crippen LogP) is 4.53. The number of nitrogens with zero attached hydrogens (tertiary/aromatic N) is 1. The molecule has 3 aromatic rings. The van der Waals surface area contributed by atoms with Crippen molar-refractivity contribution >= 4 is 23.1 Å². The number of ketones is 1. The summed E-state index contributed by atoms with van der Waals surface area (Å²) in [5, 5.41) is 11.2. The maximum absolute atomic E-state index is 13.1. The summed E-state index contributed by atoms with van der Waals surface area (Å²) in [5.41, 5.74) is 1.70. The van der Waals surface area contributed by atoms with Gasteiger partial charge in [-0.3, -0.25) is 14.5 Å². The van der Waals surface area contributed by atoms with Gasteiger partial charge in [0.1, 0.15) is 29.1 Å². The number of carbonyl (C=O) groups excluding carboxylic acids is 2. The molecular weight excluding hydrogens is 382 g/mol. The normalized spacial score (nSPS) is 18.1. The Balaban J connectivity index is 1.99. The van der Waals surface area contributed by atoms with Crippen LogP contribution in [0.5, 0.6) is 5.75 Å². The van der Waals surface area contributed by atoms with Crippen LogP contribution in [0.1, 0.15) is 28.7 Å². The molecule has 1 unspecified atom stereocenters. The summed E-state index contributed by atoms with van der Waals surface area (Å²) in [7, 11) is 1.48. The van der Waals surface area contributed by atoms with Gasteiger partial charge in [0.15, 0.2) is 0 Å². The Labute approximate surface area is 174 Å². The Bertz CT molecular complexity index is 1170. The van der Waals surface area contributed by atoms with Crippen LogP contribution in [-0.2, 0) is 9.59 Å². The third-order valence-electron chi connectivity index (χ3n) is 5.21. The van der Waals surface area contributed by atoms with Gasteiger partial charge in [-0.05, 0) is 49.7 Å². The van der Waals surface area contributed by atoms with Gasteiger partial charge in [0.25, 0.3) is 11.7 Å².